The van der Waals surface area contributed by atoms with Crippen LogP contribution in [0, 0.1) is 11.3 Å². The molecule has 0 spiro atoms. The number of aliphatic hydroxyl groups excluding tert-OH is 2. The SMILES string of the molecule is N#CC(O)C(O)c1[nH]nc2ccccc12. The Morgan fingerprint density at radius 2 is 2.07 bits per heavy atom. The predicted octanol–water partition coefficient (Wildman–Crippen LogP) is 0.481. The molecule has 0 saturated carbocycles. The number of H-pyrrole nitrogens is 1. The van der Waals surface area contributed by atoms with E-state index in [-0.39, 0.29) is 0 Å². The van der Waals surface area contributed by atoms with Gasteiger partial charge in [0.1, 0.15) is 6.10 Å². The molecule has 5 heteroatoms. The highest BCUT2D eigenvalue weighted by atomic mass is 16.3. The van der Waals surface area contributed by atoms with Crippen LogP contribution in [0.25, 0.3) is 10.9 Å². The number of nitrogens with one attached hydrogen (secondary N) is 1. The molecule has 2 rings (SSSR count). The van der Waals surface area contributed by atoms with Gasteiger partial charge in [-0.25, -0.2) is 0 Å². The Morgan fingerprint density at radius 1 is 1.33 bits per heavy atom. The largest absolute Gasteiger partial charge is 0.383 e. The van der Waals surface area contributed by atoms with Crippen molar-refractivity contribution in [2.45, 2.75) is 12.2 Å². The summed E-state index contributed by atoms with van der Waals surface area (Å²) < 4.78 is 0. The van der Waals surface area contributed by atoms with Crippen LogP contribution in [0.4, 0.5) is 0 Å². The fraction of sp³-hybridized carbons (Fsp3) is 0.200. The lowest BCUT2D eigenvalue weighted by Gasteiger charge is -2.09. The van der Waals surface area contributed by atoms with E-state index in [4.69, 9.17) is 5.26 Å². The lowest BCUT2D eigenvalue weighted by molar-refractivity contribution is 0.0508. The van der Waals surface area contributed by atoms with Crippen LogP contribution in [0.2, 0.25) is 0 Å². The lowest BCUT2D eigenvalue weighted by Crippen LogP contribution is -2.16. The second-order valence-corrected chi connectivity index (χ2v) is 3.17. The first-order chi connectivity index (χ1) is 7.24. The Bertz CT molecular complexity index is 515. The highest BCUT2D eigenvalue weighted by Gasteiger charge is 2.21. The zero-order valence-corrected chi connectivity index (χ0v) is 7.75. The van der Waals surface area contributed by atoms with Crippen LogP contribution < -0.4 is 0 Å². The van der Waals surface area contributed by atoms with Crippen molar-refractivity contribution in [1.82, 2.24) is 10.2 Å². The van der Waals surface area contributed by atoms with E-state index < -0.39 is 12.2 Å². The molecule has 0 aliphatic rings. The Balaban J connectivity index is 2.49. The fourth-order valence-corrected chi connectivity index (χ4v) is 1.43. The van der Waals surface area contributed by atoms with Crippen molar-refractivity contribution in [3.8, 4) is 6.07 Å². The molecule has 15 heavy (non-hydrogen) atoms. The van der Waals surface area contributed by atoms with Crippen LogP contribution in [-0.2, 0) is 0 Å². The summed E-state index contributed by atoms with van der Waals surface area (Å²) in [6.07, 6.45) is -2.71. The minimum Gasteiger partial charge on any atom is -0.383 e. The Hall–Kier alpha value is -1.90. The van der Waals surface area contributed by atoms with E-state index in [0.29, 0.717) is 16.6 Å². The smallest absolute Gasteiger partial charge is 0.171 e. The number of nitrogens with zero attached hydrogens (tertiary/aromatic N) is 2. The van der Waals surface area contributed by atoms with Gasteiger partial charge in [-0.1, -0.05) is 18.2 Å². The number of nitriles is 1. The van der Waals surface area contributed by atoms with Crippen LogP contribution in [0.15, 0.2) is 24.3 Å². The Morgan fingerprint density at radius 3 is 2.80 bits per heavy atom. The van der Waals surface area contributed by atoms with Crippen LogP contribution in [0.5, 0.6) is 0 Å². The maximum absolute atomic E-state index is 9.63. The number of aliphatic hydroxyl groups is 2. The minimum absolute atomic E-state index is 0.361. The molecule has 2 unspecified atom stereocenters. The van der Waals surface area contributed by atoms with Crippen molar-refractivity contribution in [2.24, 2.45) is 0 Å². The number of rotatable bonds is 2. The normalized spacial score (nSPS) is 14.7. The lowest BCUT2D eigenvalue weighted by atomic mass is 10.1. The summed E-state index contributed by atoms with van der Waals surface area (Å²) >= 11 is 0. The van der Waals surface area contributed by atoms with Gasteiger partial charge in [-0.2, -0.15) is 10.4 Å². The van der Waals surface area contributed by atoms with Crippen molar-refractivity contribution in [3.05, 3.63) is 30.0 Å². The first-order valence-corrected chi connectivity index (χ1v) is 4.43. The third-order valence-electron chi connectivity index (χ3n) is 2.22. The maximum Gasteiger partial charge on any atom is 0.171 e. The molecule has 1 aromatic heterocycles. The quantitative estimate of drug-likeness (QED) is 0.619. The van der Waals surface area contributed by atoms with Crippen molar-refractivity contribution in [2.75, 3.05) is 0 Å². The summed E-state index contributed by atoms with van der Waals surface area (Å²) in [5.74, 6) is 0. The first kappa shape index (κ1) is 9.65. The van der Waals surface area contributed by atoms with Gasteiger partial charge in [-0.3, -0.25) is 5.10 Å². The molecule has 1 aromatic carbocycles. The number of fused-ring (bicyclic) bond motifs is 1. The Labute approximate surface area is 85.6 Å². The molecular formula is C10H9N3O2. The van der Waals surface area contributed by atoms with Crippen molar-refractivity contribution in [1.29, 1.82) is 5.26 Å². The molecule has 0 saturated heterocycles. The summed E-state index contributed by atoms with van der Waals surface area (Å²) in [6.45, 7) is 0. The molecule has 0 aliphatic heterocycles. The first-order valence-electron chi connectivity index (χ1n) is 4.43. The molecule has 2 atom stereocenters. The molecule has 5 nitrogen and oxygen atoms in total. The van der Waals surface area contributed by atoms with Gasteiger partial charge in [0.15, 0.2) is 6.10 Å². The molecule has 0 fully saturated rings. The van der Waals surface area contributed by atoms with Gasteiger partial charge in [0, 0.05) is 5.39 Å². The molecule has 76 valence electrons. The summed E-state index contributed by atoms with van der Waals surface area (Å²) in [6, 6.07) is 8.74. The number of hydrogen-bond acceptors (Lipinski definition) is 4. The van der Waals surface area contributed by atoms with Gasteiger partial charge in [0.25, 0.3) is 0 Å². The van der Waals surface area contributed by atoms with Crippen molar-refractivity contribution < 1.29 is 10.2 Å². The van der Waals surface area contributed by atoms with Crippen LogP contribution in [0.3, 0.4) is 0 Å². The van der Waals surface area contributed by atoms with Gasteiger partial charge in [-0.15, -0.1) is 0 Å². The summed E-state index contributed by atoms with van der Waals surface area (Å²) in [5, 5.41) is 34.6. The molecule has 2 aromatic rings. The van der Waals surface area contributed by atoms with Crippen LogP contribution in [-0.4, -0.2) is 26.5 Å². The average Bonchev–Trinajstić information content (AvgIpc) is 2.70. The molecule has 0 aliphatic carbocycles. The van der Waals surface area contributed by atoms with E-state index in [2.05, 4.69) is 10.2 Å². The summed E-state index contributed by atoms with van der Waals surface area (Å²) in [7, 11) is 0. The van der Waals surface area contributed by atoms with E-state index in [9.17, 15) is 10.2 Å². The van der Waals surface area contributed by atoms with E-state index in [1.54, 1.807) is 24.3 Å². The van der Waals surface area contributed by atoms with Gasteiger partial charge < -0.3 is 10.2 Å². The highest BCUT2D eigenvalue weighted by molar-refractivity contribution is 5.81. The van der Waals surface area contributed by atoms with Gasteiger partial charge >= 0.3 is 0 Å². The highest BCUT2D eigenvalue weighted by Crippen LogP contribution is 2.23. The Kier molecular flexibility index (Phi) is 2.37. The zero-order valence-electron chi connectivity index (χ0n) is 7.75. The molecular weight excluding hydrogens is 194 g/mol. The maximum atomic E-state index is 9.63. The minimum atomic E-state index is -1.45. The predicted molar refractivity (Wildman–Crippen MR) is 52.7 cm³/mol. The standard InChI is InChI=1S/C10H9N3O2/c11-5-8(14)10(15)9-6-3-1-2-4-7(6)12-13-9/h1-4,8,10,14-15H,(H,12,13). The van der Waals surface area contributed by atoms with E-state index in [1.807, 2.05) is 6.07 Å². The number of aromatic nitrogens is 2. The summed E-state index contributed by atoms with van der Waals surface area (Å²) in [5.41, 5.74) is 1.05. The van der Waals surface area contributed by atoms with E-state index >= 15 is 0 Å². The second kappa shape index (κ2) is 3.69. The van der Waals surface area contributed by atoms with E-state index in [0.717, 1.165) is 0 Å². The topological polar surface area (TPSA) is 92.9 Å². The van der Waals surface area contributed by atoms with Gasteiger partial charge in [0.05, 0.1) is 17.3 Å². The number of aromatic amines is 1. The molecule has 1 heterocycles. The van der Waals surface area contributed by atoms with Crippen molar-refractivity contribution >= 4 is 10.9 Å². The number of hydrogen-bond donors (Lipinski definition) is 3. The van der Waals surface area contributed by atoms with Gasteiger partial charge in [-0.05, 0) is 6.07 Å². The molecule has 3 N–H and O–H groups in total. The zero-order chi connectivity index (χ0) is 10.8. The fourth-order valence-electron chi connectivity index (χ4n) is 1.43. The van der Waals surface area contributed by atoms with Crippen LogP contribution >= 0.6 is 0 Å². The van der Waals surface area contributed by atoms with Gasteiger partial charge in [0.2, 0.25) is 0 Å². The third-order valence-corrected chi connectivity index (χ3v) is 2.22. The summed E-state index contributed by atoms with van der Waals surface area (Å²) in [4.78, 5) is 0. The monoisotopic (exact) mass is 203 g/mol. The van der Waals surface area contributed by atoms with E-state index in [1.165, 1.54) is 0 Å². The molecule has 0 amide bonds. The molecule has 0 bridgehead atoms. The molecule has 0 radical (unpaired) electrons. The van der Waals surface area contributed by atoms with Crippen molar-refractivity contribution in [3.63, 3.8) is 0 Å². The number of benzene rings is 1. The third kappa shape index (κ3) is 1.56. The second-order valence-electron chi connectivity index (χ2n) is 3.17. The average molecular weight is 203 g/mol. The van der Waals surface area contributed by atoms with Crippen LogP contribution in [0.1, 0.15) is 11.8 Å². The number of para-hydroxylation sites is 1.